The lowest BCUT2D eigenvalue weighted by Gasteiger charge is -2.20. The van der Waals surface area contributed by atoms with Gasteiger partial charge in [0.15, 0.2) is 5.69 Å². The molecule has 2 nitrogen and oxygen atoms in total. The van der Waals surface area contributed by atoms with Gasteiger partial charge in [0.05, 0.1) is 16.9 Å². The largest absolute Gasteiger partial charge is 0.435 e. The predicted octanol–water partition coefficient (Wildman–Crippen LogP) is 12.2. The average molecular weight is 661 g/mol. The lowest BCUT2D eigenvalue weighted by molar-refractivity contribution is -0.141. The molecular weight excluding hydrogens is 634 g/mol. The van der Waals surface area contributed by atoms with E-state index in [1.54, 1.807) is 72.8 Å². The summed E-state index contributed by atoms with van der Waals surface area (Å²) in [6.07, 6.45) is -9.23. The third-order valence-electron chi connectivity index (χ3n) is 8.38. The lowest BCUT2D eigenvalue weighted by atomic mass is 9.85. The number of hydrogen-bond acceptors (Lipinski definition) is 1. The van der Waals surface area contributed by atoms with E-state index in [2.05, 4.69) is 5.10 Å². The van der Waals surface area contributed by atoms with Gasteiger partial charge < -0.3 is 0 Å². The van der Waals surface area contributed by atoms with E-state index in [-0.39, 0.29) is 11.3 Å². The quantitative estimate of drug-likeness (QED) is 0.162. The van der Waals surface area contributed by atoms with Gasteiger partial charge in [-0.2, -0.15) is 31.4 Å². The summed E-state index contributed by atoms with van der Waals surface area (Å²) in [4.78, 5) is 0. The molecule has 0 atom stereocenters. The zero-order valence-corrected chi connectivity index (χ0v) is 25.7. The highest BCUT2D eigenvalue weighted by molar-refractivity contribution is 5.98. The minimum absolute atomic E-state index is 0.0636. The van der Waals surface area contributed by atoms with Gasteiger partial charge in [-0.05, 0) is 68.8 Å². The van der Waals surface area contributed by atoms with Crippen LogP contribution >= 0.6 is 0 Å². The maximum absolute atomic E-state index is 14.2. The van der Waals surface area contributed by atoms with Crippen molar-refractivity contribution in [3.05, 3.63) is 169 Å². The first-order chi connectivity index (χ1) is 23.6. The van der Waals surface area contributed by atoms with E-state index in [0.29, 0.717) is 33.5 Å². The van der Waals surface area contributed by atoms with Crippen LogP contribution in [0, 0.1) is 0 Å². The van der Waals surface area contributed by atoms with Gasteiger partial charge in [-0.3, -0.25) is 0 Å². The highest BCUT2D eigenvalue weighted by Crippen LogP contribution is 2.46. The van der Waals surface area contributed by atoms with Gasteiger partial charge in [-0.1, -0.05) is 133 Å². The van der Waals surface area contributed by atoms with Crippen molar-refractivity contribution in [2.24, 2.45) is 0 Å². The summed E-state index contributed by atoms with van der Waals surface area (Å²) in [7, 11) is 0. The summed E-state index contributed by atoms with van der Waals surface area (Å²) in [5, 5.41) is 3.97. The number of aromatic nitrogens is 2. The van der Waals surface area contributed by atoms with Gasteiger partial charge in [0.25, 0.3) is 0 Å². The average Bonchev–Trinajstić information content (AvgIpc) is 3.58. The minimum Gasteiger partial charge on any atom is -0.232 e. The monoisotopic (exact) mass is 660 g/mol. The Labute approximate surface area is 278 Å². The first-order valence-electron chi connectivity index (χ1n) is 15.4. The molecule has 0 fully saturated rings. The number of hydrogen-bond donors (Lipinski definition) is 0. The Morgan fingerprint density at radius 1 is 0.367 bits per heavy atom. The van der Waals surface area contributed by atoms with Crippen molar-refractivity contribution in [1.82, 2.24) is 9.78 Å². The zero-order chi connectivity index (χ0) is 34.2. The van der Waals surface area contributed by atoms with Crippen molar-refractivity contribution in [3.63, 3.8) is 0 Å². The molecule has 6 aromatic carbocycles. The maximum atomic E-state index is 14.2. The van der Waals surface area contributed by atoms with Crippen LogP contribution in [0.4, 0.5) is 26.3 Å². The van der Waals surface area contributed by atoms with Crippen LogP contribution in [0.3, 0.4) is 0 Å². The molecule has 7 aromatic rings. The molecule has 0 amide bonds. The Balaban J connectivity index is 1.43. The first kappa shape index (κ1) is 31.7. The van der Waals surface area contributed by atoms with Crippen LogP contribution in [0.15, 0.2) is 158 Å². The Hall–Kier alpha value is -5.89. The van der Waals surface area contributed by atoms with E-state index in [0.717, 1.165) is 28.8 Å². The number of para-hydroxylation sites is 1. The molecule has 0 aliphatic carbocycles. The van der Waals surface area contributed by atoms with Gasteiger partial charge in [0, 0.05) is 5.56 Å². The van der Waals surface area contributed by atoms with Crippen LogP contribution in [0.1, 0.15) is 11.3 Å². The second-order valence-corrected chi connectivity index (χ2v) is 11.4. The molecule has 7 rings (SSSR count). The smallest absolute Gasteiger partial charge is 0.232 e. The molecule has 49 heavy (non-hydrogen) atoms. The Bertz CT molecular complexity index is 2270. The van der Waals surface area contributed by atoms with E-state index in [4.69, 9.17) is 0 Å². The highest BCUT2D eigenvalue weighted by Gasteiger charge is 2.36. The number of rotatable bonds is 6. The zero-order valence-electron chi connectivity index (χ0n) is 25.7. The number of halogens is 6. The lowest BCUT2D eigenvalue weighted by Crippen LogP contribution is -2.07. The van der Waals surface area contributed by atoms with E-state index in [1.165, 1.54) is 16.8 Å². The van der Waals surface area contributed by atoms with E-state index in [9.17, 15) is 26.3 Å². The van der Waals surface area contributed by atoms with Crippen LogP contribution in [-0.2, 0) is 12.4 Å². The van der Waals surface area contributed by atoms with E-state index >= 15 is 0 Å². The van der Waals surface area contributed by atoms with Crippen LogP contribution in [-0.4, -0.2) is 9.78 Å². The summed E-state index contributed by atoms with van der Waals surface area (Å²) in [5.74, 6) is 0. The van der Waals surface area contributed by atoms with Gasteiger partial charge in [-0.25, -0.2) is 4.68 Å². The standard InChI is InChI=1S/C41H26F6N2/c42-40(43,44)37-25-13-12-23-35(37)33-21-9-8-19-31(33)29-17-5-4-16-28(29)30-18-6-7-20-32(30)34-22-10-11-24-36(34)38-26-39(41(45,46)47)48-49(38)27-14-2-1-3-15-27/h1-26H. The minimum atomic E-state index is -4.67. The molecule has 0 unspecified atom stereocenters. The molecule has 0 bridgehead atoms. The molecule has 1 heterocycles. The molecule has 0 spiro atoms. The second-order valence-electron chi connectivity index (χ2n) is 11.4. The normalized spacial score (nSPS) is 11.9. The van der Waals surface area contributed by atoms with Crippen molar-refractivity contribution in [1.29, 1.82) is 0 Å². The molecule has 0 aliphatic heterocycles. The fourth-order valence-electron chi connectivity index (χ4n) is 6.24. The summed E-state index contributed by atoms with van der Waals surface area (Å²) in [6.45, 7) is 0. The summed E-state index contributed by atoms with van der Waals surface area (Å²) >= 11 is 0. The van der Waals surface area contributed by atoms with Crippen molar-refractivity contribution in [2.75, 3.05) is 0 Å². The van der Waals surface area contributed by atoms with Crippen molar-refractivity contribution >= 4 is 0 Å². The Morgan fingerprint density at radius 2 is 0.714 bits per heavy atom. The summed E-state index contributed by atoms with van der Waals surface area (Å²) in [6, 6.07) is 44.3. The van der Waals surface area contributed by atoms with Gasteiger partial charge in [0.2, 0.25) is 0 Å². The molecular formula is C41H26F6N2. The number of nitrogens with zero attached hydrogens (tertiary/aromatic N) is 2. The number of alkyl halides is 6. The predicted molar refractivity (Wildman–Crippen MR) is 181 cm³/mol. The second kappa shape index (κ2) is 12.6. The van der Waals surface area contributed by atoms with Gasteiger partial charge >= 0.3 is 12.4 Å². The Morgan fingerprint density at radius 3 is 1.14 bits per heavy atom. The van der Waals surface area contributed by atoms with Gasteiger partial charge in [0.1, 0.15) is 0 Å². The molecule has 1 aromatic heterocycles. The SMILES string of the molecule is FC(F)(F)c1cc(-c2ccccc2-c2ccccc2-c2ccccc2-c2ccccc2-c2ccccc2C(F)(F)F)n(-c2ccccc2)n1. The van der Waals surface area contributed by atoms with Crippen LogP contribution in [0.25, 0.3) is 61.5 Å². The number of benzene rings is 6. The maximum Gasteiger partial charge on any atom is 0.435 e. The molecule has 0 aliphatic rings. The van der Waals surface area contributed by atoms with Gasteiger partial charge in [-0.15, -0.1) is 0 Å². The topological polar surface area (TPSA) is 17.8 Å². The summed E-state index contributed by atoms with van der Waals surface area (Å²) < 4.78 is 85.9. The van der Waals surface area contributed by atoms with Crippen LogP contribution in [0.2, 0.25) is 0 Å². The van der Waals surface area contributed by atoms with E-state index < -0.39 is 23.6 Å². The first-order valence-corrected chi connectivity index (χ1v) is 15.4. The van der Waals surface area contributed by atoms with E-state index in [1.807, 2.05) is 60.7 Å². The van der Waals surface area contributed by atoms with Crippen LogP contribution in [0.5, 0.6) is 0 Å². The molecule has 0 N–H and O–H groups in total. The molecule has 0 saturated carbocycles. The Kier molecular flexibility index (Phi) is 8.16. The van der Waals surface area contributed by atoms with Crippen molar-refractivity contribution in [3.8, 4) is 61.5 Å². The third kappa shape index (κ3) is 6.13. The molecule has 8 heteroatoms. The van der Waals surface area contributed by atoms with Crippen molar-refractivity contribution in [2.45, 2.75) is 12.4 Å². The van der Waals surface area contributed by atoms with Crippen molar-refractivity contribution < 1.29 is 26.3 Å². The highest BCUT2D eigenvalue weighted by atomic mass is 19.4. The third-order valence-corrected chi connectivity index (χ3v) is 8.38. The fraction of sp³-hybridized carbons (Fsp3) is 0.0488. The fourth-order valence-corrected chi connectivity index (χ4v) is 6.24. The molecule has 0 saturated heterocycles. The molecule has 0 radical (unpaired) electrons. The molecule has 242 valence electrons. The van der Waals surface area contributed by atoms with Crippen LogP contribution < -0.4 is 0 Å². The summed E-state index contributed by atoms with van der Waals surface area (Å²) in [5.41, 5.74) is 4.19.